The molecule has 0 spiro atoms. The van der Waals surface area contributed by atoms with Crippen molar-refractivity contribution < 1.29 is 14.6 Å². The van der Waals surface area contributed by atoms with Crippen LogP contribution in [0.5, 0.6) is 5.75 Å². The minimum absolute atomic E-state index is 0.165. The molecule has 0 radical (unpaired) electrons. The van der Waals surface area contributed by atoms with E-state index in [1.165, 1.54) is 11.1 Å². The number of fused-ring (bicyclic) bond motifs is 2. The van der Waals surface area contributed by atoms with Crippen molar-refractivity contribution in [2.45, 2.75) is 57.6 Å². The van der Waals surface area contributed by atoms with Gasteiger partial charge in [-0.2, -0.15) is 5.10 Å². The molecule has 1 saturated heterocycles. The average molecular weight is 543 g/mol. The quantitative estimate of drug-likeness (QED) is 0.250. The fourth-order valence-electron chi connectivity index (χ4n) is 5.27. The minimum atomic E-state index is -0.702. The van der Waals surface area contributed by atoms with Gasteiger partial charge in [0.2, 0.25) is 0 Å². The summed E-state index contributed by atoms with van der Waals surface area (Å²) in [6.07, 6.45) is 7.86. The Morgan fingerprint density at radius 3 is 2.78 bits per heavy atom. The Bertz CT molecular complexity index is 1320. The molecule has 2 N–H and O–H groups in total. The maximum absolute atomic E-state index is 11.3. The van der Waals surface area contributed by atoms with Gasteiger partial charge < -0.3 is 9.84 Å². The lowest BCUT2D eigenvalue weighted by Gasteiger charge is -2.35. The SMILES string of the molecule is CCC(C)C(Oc1ccc2c(c1)CCC(C(Cl)N1CCC(C(=O)O)CC1)=C2)c1cnc2n[nH]c(Cl)c2c1. The van der Waals surface area contributed by atoms with Gasteiger partial charge in [0.05, 0.1) is 11.3 Å². The van der Waals surface area contributed by atoms with Crippen LogP contribution in [0.25, 0.3) is 17.1 Å². The number of pyridine rings is 1. The number of rotatable bonds is 8. The summed E-state index contributed by atoms with van der Waals surface area (Å²) in [6, 6.07) is 8.27. The number of carbonyl (C=O) groups is 1. The summed E-state index contributed by atoms with van der Waals surface area (Å²) in [6.45, 7) is 5.76. The van der Waals surface area contributed by atoms with Crippen molar-refractivity contribution in [2.24, 2.45) is 11.8 Å². The van der Waals surface area contributed by atoms with Crippen LogP contribution in [-0.2, 0) is 11.2 Å². The second kappa shape index (κ2) is 11.0. The van der Waals surface area contributed by atoms with Crippen LogP contribution in [0.4, 0.5) is 0 Å². The number of carboxylic acids is 1. The first-order chi connectivity index (χ1) is 17.8. The smallest absolute Gasteiger partial charge is 0.306 e. The third kappa shape index (κ3) is 5.49. The number of ether oxygens (including phenoxy) is 1. The Hall–Kier alpha value is -2.61. The molecule has 0 bridgehead atoms. The molecule has 3 atom stereocenters. The molecule has 7 nitrogen and oxygen atoms in total. The summed E-state index contributed by atoms with van der Waals surface area (Å²) in [5.41, 5.74) is 4.95. The van der Waals surface area contributed by atoms with E-state index in [1.54, 1.807) is 0 Å². The minimum Gasteiger partial charge on any atom is -0.485 e. The number of likely N-dealkylation sites (tertiary alicyclic amines) is 1. The fraction of sp³-hybridized carbons (Fsp3) is 0.464. The number of nitrogens with one attached hydrogen (secondary N) is 1. The number of aryl methyl sites for hydroxylation is 1. The highest BCUT2D eigenvalue weighted by Crippen LogP contribution is 2.36. The van der Waals surface area contributed by atoms with E-state index in [-0.39, 0.29) is 23.4 Å². The van der Waals surface area contributed by atoms with Crippen LogP contribution in [0.1, 0.15) is 62.3 Å². The number of H-pyrrole nitrogens is 1. The molecule has 2 aliphatic rings. The first kappa shape index (κ1) is 26.0. The molecule has 9 heteroatoms. The van der Waals surface area contributed by atoms with Gasteiger partial charge in [0.1, 0.15) is 22.5 Å². The van der Waals surface area contributed by atoms with Crippen LogP contribution < -0.4 is 4.74 Å². The number of benzene rings is 1. The van der Waals surface area contributed by atoms with Crippen molar-refractivity contribution in [3.63, 3.8) is 0 Å². The van der Waals surface area contributed by atoms with Crippen molar-refractivity contribution in [1.29, 1.82) is 0 Å². The first-order valence-electron chi connectivity index (χ1n) is 12.9. The number of aliphatic carboxylic acids is 1. The largest absolute Gasteiger partial charge is 0.485 e. The Kier molecular flexibility index (Phi) is 7.75. The number of alkyl halides is 1. The predicted octanol–water partition coefficient (Wildman–Crippen LogP) is 6.47. The number of halogens is 2. The van der Waals surface area contributed by atoms with Crippen LogP contribution in [0, 0.1) is 11.8 Å². The molecule has 1 fully saturated rings. The zero-order valence-corrected chi connectivity index (χ0v) is 22.6. The Morgan fingerprint density at radius 2 is 2.05 bits per heavy atom. The molecular weight excluding hydrogens is 511 g/mol. The van der Waals surface area contributed by atoms with Crippen LogP contribution in [0.15, 0.2) is 36.0 Å². The third-order valence-corrected chi connectivity index (χ3v) is 8.62. The summed E-state index contributed by atoms with van der Waals surface area (Å²) in [5, 5.41) is 17.4. The van der Waals surface area contributed by atoms with E-state index in [1.807, 2.05) is 18.3 Å². The van der Waals surface area contributed by atoms with Crippen LogP contribution >= 0.6 is 23.2 Å². The molecule has 2 aromatic heterocycles. The summed E-state index contributed by atoms with van der Waals surface area (Å²) in [4.78, 5) is 17.9. The van der Waals surface area contributed by atoms with E-state index in [4.69, 9.17) is 27.9 Å². The maximum Gasteiger partial charge on any atom is 0.306 e. The second-order valence-electron chi connectivity index (χ2n) is 10.2. The van der Waals surface area contributed by atoms with Crippen molar-refractivity contribution in [1.82, 2.24) is 20.1 Å². The van der Waals surface area contributed by atoms with Crippen molar-refractivity contribution >= 4 is 46.3 Å². The highest BCUT2D eigenvalue weighted by molar-refractivity contribution is 6.34. The van der Waals surface area contributed by atoms with Crippen LogP contribution in [-0.4, -0.2) is 49.7 Å². The molecule has 196 valence electrons. The lowest BCUT2D eigenvalue weighted by Crippen LogP contribution is -2.41. The van der Waals surface area contributed by atoms with E-state index in [0.717, 1.165) is 41.5 Å². The number of nitrogens with zero attached hydrogens (tertiary/aromatic N) is 3. The summed E-state index contributed by atoms with van der Waals surface area (Å²) >= 11 is 13.1. The normalized spacial score (nSPS) is 19.2. The molecule has 3 aromatic rings. The first-order valence-corrected chi connectivity index (χ1v) is 13.8. The summed E-state index contributed by atoms with van der Waals surface area (Å²) < 4.78 is 6.57. The highest BCUT2D eigenvalue weighted by atomic mass is 35.5. The lowest BCUT2D eigenvalue weighted by molar-refractivity contribution is -0.143. The van der Waals surface area contributed by atoms with Gasteiger partial charge in [0, 0.05) is 24.8 Å². The Labute approximate surface area is 226 Å². The zero-order valence-electron chi connectivity index (χ0n) is 21.1. The number of hydrogen-bond donors (Lipinski definition) is 2. The molecule has 1 aromatic carbocycles. The molecule has 5 rings (SSSR count). The van der Waals surface area contributed by atoms with Gasteiger partial charge in [0.15, 0.2) is 5.65 Å². The van der Waals surface area contributed by atoms with Crippen molar-refractivity contribution in [3.05, 3.63) is 57.9 Å². The summed E-state index contributed by atoms with van der Waals surface area (Å²) in [7, 11) is 0. The topological polar surface area (TPSA) is 91.3 Å². The Balaban J connectivity index is 1.32. The molecule has 0 amide bonds. The summed E-state index contributed by atoms with van der Waals surface area (Å²) in [5.74, 6) is 0.146. The maximum atomic E-state index is 11.3. The zero-order chi connectivity index (χ0) is 26.1. The van der Waals surface area contributed by atoms with E-state index >= 15 is 0 Å². The monoisotopic (exact) mass is 542 g/mol. The van der Waals surface area contributed by atoms with Gasteiger partial charge in [-0.25, -0.2) is 4.98 Å². The lowest BCUT2D eigenvalue weighted by atomic mass is 9.90. The number of aromatic amines is 1. The number of carboxylic acid groups (broad SMARTS) is 1. The van der Waals surface area contributed by atoms with Crippen molar-refractivity contribution in [2.75, 3.05) is 13.1 Å². The van der Waals surface area contributed by atoms with E-state index in [2.05, 4.69) is 52.1 Å². The molecule has 37 heavy (non-hydrogen) atoms. The molecule has 0 saturated carbocycles. The van der Waals surface area contributed by atoms with Gasteiger partial charge in [-0.3, -0.25) is 14.8 Å². The van der Waals surface area contributed by atoms with Gasteiger partial charge in [-0.15, -0.1) is 11.6 Å². The molecule has 3 heterocycles. The van der Waals surface area contributed by atoms with Gasteiger partial charge in [-0.05, 0) is 72.9 Å². The van der Waals surface area contributed by atoms with Crippen LogP contribution in [0.3, 0.4) is 0 Å². The molecular formula is C28H32Cl2N4O3. The second-order valence-corrected chi connectivity index (χ2v) is 11.0. The molecule has 3 unspecified atom stereocenters. The van der Waals surface area contributed by atoms with E-state index < -0.39 is 5.97 Å². The molecule has 1 aliphatic carbocycles. The van der Waals surface area contributed by atoms with Gasteiger partial charge in [-0.1, -0.05) is 37.6 Å². The van der Waals surface area contributed by atoms with Gasteiger partial charge in [0.25, 0.3) is 0 Å². The highest BCUT2D eigenvalue weighted by Gasteiger charge is 2.30. The third-order valence-electron chi connectivity index (χ3n) is 7.78. The van der Waals surface area contributed by atoms with Gasteiger partial charge >= 0.3 is 5.97 Å². The molecule has 1 aliphatic heterocycles. The fourth-order valence-corrected chi connectivity index (χ4v) is 5.82. The number of aromatic nitrogens is 3. The Morgan fingerprint density at radius 1 is 1.27 bits per heavy atom. The van der Waals surface area contributed by atoms with E-state index in [9.17, 15) is 9.90 Å². The van der Waals surface area contributed by atoms with Crippen LogP contribution in [0.2, 0.25) is 5.15 Å². The predicted molar refractivity (Wildman–Crippen MR) is 146 cm³/mol. The average Bonchev–Trinajstić information content (AvgIpc) is 3.30. The number of hydrogen-bond acceptors (Lipinski definition) is 5. The van der Waals surface area contributed by atoms with E-state index in [0.29, 0.717) is 36.7 Å². The number of piperidine rings is 1. The van der Waals surface area contributed by atoms with Crippen molar-refractivity contribution in [3.8, 4) is 5.75 Å². The standard InChI is InChI=1S/C28H32Cl2N4O3/c1-3-16(2)24(21-14-23-25(29)32-33-27(23)31-15-21)37-22-7-6-18-12-20(5-4-19(18)13-22)26(30)34-10-8-17(9-11-34)28(35)36/h6-7,12-17,24,26H,3-5,8-11H2,1-2H3,(H,35,36)(H,31,32,33).